The first kappa shape index (κ1) is 20.6. The predicted octanol–water partition coefficient (Wildman–Crippen LogP) is 1.24. The van der Waals surface area contributed by atoms with Gasteiger partial charge in [0.05, 0.1) is 12.1 Å². The summed E-state index contributed by atoms with van der Waals surface area (Å²) in [5, 5.41) is 4.00. The highest BCUT2D eigenvalue weighted by atomic mass is 19.1. The smallest absolute Gasteiger partial charge is 0.326 e. The molecule has 0 fully saturated rings. The molecular formula is C20H16FN3O6. The minimum absolute atomic E-state index is 0.0358. The molecular weight excluding hydrogens is 397 g/mol. The third-order valence-electron chi connectivity index (χ3n) is 4.16. The van der Waals surface area contributed by atoms with Crippen LogP contribution in [-0.4, -0.2) is 47.8 Å². The number of carbonyl (C=O) groups excluding carboxylic acids is 5. The zero-order valence-corrected chi connectivity index (χ0v) is 15.5. The first-order valence-corrected chi connectivity index (χ1v) is 8.78. The summed E-state index contributed by atoms with van der Waals surface area (Å²) in [4.78, 5) is 60.6. The largest absolute Gasteiger partial charge is 0.454 e. The highest BCUT2D eigenvalue weighted by molar-refractivity contribution is 6.11. The molecule has 2 aromatic carbocycles. The van der Waals surface area contributed by atoms with E-state index in [0.29, 0.717) is 11.1 Å². The molecule has 5 amide bonds. The maximum atomic E-state index is 13.5. The van der Waals surface area contributed by atoms with Crippen molar-refractivity contribution in [3.63, 3.8) is 0 Å². The normalized spacial score (nSPS) is 12.8. The minimum atomic E-state index is -1.01. The molecule has 154 valence electrons. The van der Waals surface area contributed by atoms with Crippen molar-refractivity contribution in [3.8, 4) is 0 Å². The van der Waals surface area contributed by atoms with E-state index in [1.807, 2.05) is 5.32 Å². The summed E-state index contributed by atoms with van der Waals surface area (Å²) in [5.41, 5.74) is 0.743. The van der Waals surface area contributed by atoms with Crippen molar-refractivity contribution in [2.24, 2.45) is 0 Å². The molecule has 0 spiro atoms. The van der Waals surface area contributed by atoms with Gasteiger partial charge >= 0.3 is 12.0 Å². The summed E-state index contributed by atoms with van der Waals surface area (Å²) in [7, 11) is 0. The van der Waals surface area contributed by atoms with Crippen molar-refractivity contribution in [1.29, 1.82) is 0 Å². The molecule has 0 atom stereocenters. The summed E-state index contributed by atoms with van der Waals surface area (Å²) in [6, 6.07) is 10.9. The third-order valence-corrected chi connectivity index (χ3v) is 4.16. The van der Waals surface area contributed by atoms with E-state index in [1.54, 1.807) is 24.3 Å². The van der Waals surface area contributed by atoms with Gasteiger partial charge in [-0.25, -0.2) is 9.18 Å². The van der Waals surface area contributed by atoms with E-state index in [-0.39, 0.29) is 12.1 Å². The zero-order chi connectivity index (χ0) is 21.7. The molecule has 0 aromatic heterocycles. The lowest BCUT2D eigenvalue weighted by molar-refractivity contribution is -0.151. The van der Waals surface area contributed by atoms with E-state index in [4.69, 9.17) is 4.74 Å². The van der Waals surface area contributed by atoms with Crippen molar-refractivity contribution in [2.45, 2.75) is 6.42 Å². The lowest BCUT2D eigenvalue weighted by atomic mass is 9.98. The van der Waals surface area contributed by atoms with Gasteiger partial charge in [0.25, 0.3) is 11.8 Å². The standard InChI is InChI=1S/C20H16FN3O6/c21-14-7-3-4-8-15(14)22-20(29)23-16(25)11-30-18(27)10-24-17(26)9-12-5-1-2-6-13(12)19(24)28/h1-8H,9-11H2,(H2,22,23,25,29). The number of carbonyl (C=O) groups is 5. The Hall–Kier alpha value is -4.08. The average molecular weight is 413 g/mol. The van der Waals surface area contributed by atoms with Crippen LogP contribution in [0.15, 0.2) is 48.5 Å². The van der Waals surface area contributed by atoms with E-state index in [0.717, 1.165) is 11.0 Å². The third kappa shape index (κ3) is 4.85. The highest BCUT2D eigenvalue weighted by Gasteiger charge is 2.32. The summed E-state index contributed by atoms with van der Waals surface area (Å²) < 4.78 is 18.2. The molecule has 2 aromatic rings. The van der Waals surface area contributed by atoms with Gasteiger partial charge in [0, 0.05) is 5.56 Å². The molecule has 9 nitrogen and oxygen atoms in total. The fourth-order valence-corrected chi connectivity index (χ4v) is 2.76. The van der Waals surface area contributed by atoms with Gasteiger partial charge in [-0.3, -0.25) is 29.4 Å². The fraction of sp³-hybridized carbons (Fsp3) is 0.150. The Bertz CT molecular complexity index is 1040. The van der Waals surface area contributed by atoms with Gasteiger partial charge in [0.1, 0.15) is 12.4 Å². The number of benzene rings is 2. The van der Waals surface area contributed by atoms with E-state index in [1.165, 1.54) is 18.2 Å². The van der Waals surface area contributed by atoms with Gasteiger partial charge in [0.15, 0.2) is 6.61 Å². The Morgan fingerprint density at radius 3 is 2.50 bits per heavy atom. The number of halogens is 1. The lowest BCUT2D eigenvalue weighted by Gasteiger charge is -2.25. The number of hydrogen-bond donors (Lipinski definition) is 2. The summed E-state index contributed by atoms with van der Waals surface area (Å²) in [5.74, 6) is -3.86. The molecule has 1 aliphatic rings. The molecule has 0 radical (unpaired) electrons. The molecule has 2 N–H and O–H groups in total. The predicted molar refractivity (Wildman–Crippen MR) is 101 cm³/mol. The highest BCUT2D eigenvalue weighted by Crippen LogP contribution is 2.19. The van der Waals surface area contributed by atoms with Crippen LogP contribution in [0.1, 0.15) is 15.9 Å². The Kier molecular flexibility index (Phi) is 6.16. The van der Waals surface area contributed by atoms with Crippen LogP contribution in [0.4, 0.5) is 14.9 Å². The second-order valence-electron chi connectivity index (χ2n) is 6.26. The van der Waals surface area contributed by atoms with Crippen LogP contribution in [0.3, 0.4) is 0 Å². The Morgan fingerprint density at radius 1 is 1.03 bits per heavy atom. The number of amides is 5. The summed E-state index contributed by atoms with van der Waals surface area (Å²) in [6.07, 6.45) is -0.0358. The van der Waals surface area contributed by atoms with Crippen molar-refractivity contribution >= 4 is 35.4 Å². The van der Waals surface area contributed by atoms with Crippen molar-refractivity contribution in [3.05, 3.63) is 65.5 Å². The van der Waals surface area contributed by atoms with Gasteiger partial charge in [-0.1, -0.05) is 30.3 Å². The molecule has 0 saturated carbocycles. The van der Waals surface area contributed by atoms with Crippen LogP contribution in [0.2, 0.25) is 0 Å². The molecule has 1 heterocycles. The number of para-hydroxylation sites is 1. The Balaban J connectivity index is 1.48. The number of imide groups is 2. The second-order valence-corrected chi connectivity index (χ2v) is 6.26. The number of nitrogens with one attached hydrogen (secondary N) is 2. The number of rotatable bonds is 5. The Labute approximate surface area is 169 Å². The number of hydrogen-bond acceptors (Lipinski definition) is 6. The van der Waals surface area contributed by atoms with E-state index in [2.05, 4.69) is 5.32 Å². The van der Waals surface area contributed by atoms with Gasteiger partial charge in [-0.05, 0) is 23.8 Å². The van der Waals surface area contributed by atoms with Gasteiger partial charge < -0.3 is 10.1 Å². The number of esters is 1. The van der Waals surface area contributed by atoms with Gasteiger partial charge in [-0.15, -0.1) is 0 Å². The first-order valence-electron chi connectivity index (χ1n) is 8.78. The first-order chi connectivity index (χ1) is 14.3. The van der Waals surface area contributed by atoms with E-state index < -0.39 is 48.7 Å². The maximum absolute atomic E-state index is 13.5. The summed E-state index contributed by atoms with van der Waals surface area (Å²) >= 11 is 0. The van der Waals surface area contributed by atoms with Crippen LogP contribution < -0.4 is 10.6 Å². The molecule has 30 heavy (non-hydrogen) atoms. The van der Waals surface area contributed by atoms with Crippen LogP contribution >= 0.6 is 0 Å². The number of fused-ring (bicyclic) bond motifs is 1. The SMILES string of the molecule is O=C(COC(=O)CN1C(=O)Cc2ccccc2C1=O)NC(=O)Nc1ccccc1F. The maximum Gasteiger partial charge on any atom is 0.326 e. The molecule has 10 heteroatoms. The monoisotopic (exact) mass is 413 g/mol. The molecule has 0 saturated heterocycles. The van der Waals surface area contributed by atoms with Crippen LogP contribution in [-0.2, 0) is 25.5 Å². The van der Waals surface area contributed by atoms with Crippen molar-refractivity contribution in [2.75, 3.05) is 18.5 Å². The van der Waals surface area contributed by atoms with Gasteiger partial charge in [-0.2, -0.15) is 0 Å². The van der Waals surface area contributed by atoms with Crippen LogP contribution in [0, 0.1) is 5.82 Å². The van der Waals surface area contributed by atoms with Gasteiger partial charge in [0.2, 0.25) is 5.91 Å². The number of anilines is 1. The van der Waals surface area contributed by atoms with E-state index >= 15 is 0 Å². The lowest BCUT2D eigenvalue weighted by Crippen LogP contribution is -2.46. The quantitative estimate of drug-likeness (QED) is 0.562. The average Bonchev–Trinajstić information content (AvgIpc) is 2.71. The Morgan fingerprint density at radius 2 is 1.73 bits per heavy atom. The number of ether oxygens (including phenoxy) is 1. The van der Waals surface area contributed by atoms with Crippen molar-refractivity contribution < 1.29 is 33.1 Å². The molecule has 3 rings (SSSR count). The van der Waals surface area contributed by atoms with Crippen LogP contribution in [0.25, 0.3) is 0 Å². The van der Waals surface area contributed by atoms with E-state index in [9.17, 15) is 28.4 Å². The molecule has 0 aliphatic carbocycles. The van der Waals surface area contributed by atoms with Crippen LogP contribution in [0.5, 0.6) is 0 Å². The fourth-order valence-electron chi connectivity index (χ4n) is 2.76. The number of urea groups is 1. The summed E-state index contributed by atoms with van der Waals surface area (Å²) in [6.45, 7) is -1.49. The molecule has 1 aliphatic heterocycles. The topological polar surface area (TPSA) is 122 Å². The second kappa shape index (κ2) is 8.95. The molecule has 0 bridgehead atoms. The molecule has 0 unspecified atom stereocenters. The van der Waals surface area contributed by atoms with Crippen molar-refractivity contribution in [1.82, 2.24) is 10.2 Å². The zero-order valence-electron chi connectivity index (χ0n) is 15.5. The number of nitrogens with zero attached hydrogens (tertiary/aromatic N) is 1. The minimum Gasteiger partial charge on any atom is -0.454 e.